The molecule has 1 rings (SSSR count). The number of aliphatic hydroxyl groups is 1. The van der Waals surface area contributed by atoms with Crippen LogP contribution in [-0.2, 0) is 10.3 Å². The van der Waals surface area contributed by atoms with Gasteiger partial charge in [0.2, 0.25) is 0 Å². The first kappa shape index (κ1) is 13.6. The number of nitrogens with one attached hydrogen (secondary N) is 1. The molecule has 2 N–H and O–H groups in total. The van der Waals surface area contributed by atoms with Crippen molar-refractivity contribution in [2.75, 3.05) is 26.8 Å². The van der Waals surface area contributed by atoms with Gasteiger partial charge in [-0.15, -0.1) is 11.3 Å². The number of hydrogen-bond acceptors (Lipinski definition) is 4. The Bertz CT molecular complexity index is 310. The molecule has 0 amide bonds. The second-order valence-corrected chi connectivity index (χ2v) is 5.12. The number of methoxy groups -OCH3 is 1. The molecule has 1 aromatic rings. The number of hydrogen-bond donors (Lipinski definition) is 2. The third kappa shape index (κ3) is 3.87. The minimum Gasteiger partial charge on any atom is -0.385 e. The van der Waals surface area contributed by atoms with Crippen molar-refractivity contribution < 1.29 is 9.84 Å². The summed E-state index contributed by atoms with van der Waals surface area (Å²) in [6.07, 6.45) is 0.720. The van der Waals surface area contributed by atoms with E-state index in [2.05, 4.69) is 5.32 Å². The summed E-state index contributed by atoms with van der Waals surface area (Å²) >= 11 is 1.62. The van der Waals surface area contributed by atoms with Gasteiger partial charge in [-0.2, -0.15) is 0 Å². The van der Waals surface area contributed by atoms with Gasteiger partial charge < -0.3 is 15.2 Å². The fraction of sp³-hybridized carbons (Fsp3) is 0.667. The SMILES string of the molecule is COCCNCCC(C)(O)c1sccc1C. The maximum absolute atomic E-state index is 10.4. The van der Waals surface area contributed by atoms with Crippen LogP contribution in [0.3, 0.4) is 0 Å². The van der Waals surface area contributed by atoms with E-state index in [4.69, 9.17) is 4.74 Å². The van der Waals surface area contributed by atoms with E-state index in [0.717, 1.165) is 24.4 Å². The molecule has 0 spiro atoms. The van der Waals surface area contributed by atoms with E-state index in [9.17, 15) is 5.11 Å². The van der Waals surface area contributed by atoms with Crippen molar-refractivity contribution in [3.63, 3.8) is 0 Å². The van der Waals surface area contributed by atoms with E-state index in [1.165, 1.54) is 5.56 Å². The molecule has 1 unspecified atom stereocenters. The predicted molar refractivity (Wildman–Crippen MR) is 68.0 cm³/mol. The molecule has 92 valence electrons. The molecule has 3 nitrogen and oxygen atoms in total. The smallest absolute Gasteiger partial charge is 0.0974 e. The molecule has 1 atom stereocenters. The van der Waals surface area contributed by atoms with Crippen LogP contribution in [-0.4, -0.2) is 31.9 Å². The fourth-order valence-electron chi connectivity index (χ4n) is 1.67. The Labute approximate surface area is 101 Å². The Morgan fingerprint density at radius 1 is 1.50 bits per heavy atom. The Hall–Kier alpha value is -0.420. The minimum atomic E-state index is -0.724. The molecule has 0 bridgehead atoms. The summed E-state index contributed by atoms with van der Waals surface area (Å²) in [5.74, 6) is 0. The molecular formula is C12H21NO2S. The summed E-state index contributed by atoms with van der Waals surface area (Å²) < 4.78 is 4.94. The highest BCUT2D eigenvalue weighted by Crippen LogP contribution is 2.31. The van der Waals surface area contributed by atoms with Gasteiger partial charge in [-0.3, -0.25) is 0 Å². The van der Waals surface area contributed by atoms with E-state index in [0.29, 0.717) is 6.61 Å². The van der Waals surface area contributed by atoms with Crippen LogP contribution in [0.25, 0.3) is 0 Å². The molecule has 0 aliphatic carbocycles. The first-order chi connectivity index (χ1) is 7.58. The van der Waals surface area contributed by atoms with Gasteiger partial charge in [0.05, 0.1) is 12.2 Å². The second-order valence-electron chi connectivity index (χ2n) is 4.20. The molecular weight excluding hydrogens is 222 g/mol. The van der Waals surface area contributed by atoms with Gasteiger partial charge in [-0.05, 0) is 43.8 Å². The van der Waals surface area contributed by atoms with Gasteiger partial charge in [0.15, 0.2) is 0 Å². The van der Waals surface area contributed by atoms with Crippen LogP contribution < -0.4 is 5.32 Å². The van der Waals surface area contributed by atoms with Crippen molar-refractivity contribution in [2.45, 2.75) is 25.9 Å². The van der Waals surface area contributed by atoms with E-state index in [1.807, 2.05) is 25.3 Å². The molecule has 0 aliphatic heterocycles. The van der Waals surface area contributed by atoms with Gasteiger partial charge in [-0.25, -0.2) is 0 Å². The van der Waals surface area contributed by atoms with Crippen molar-refractivity contribution in [1.29, 1.82) is 0 Å². The molecule has 0 saturated heterocycles. The van der Waals surface area contributed by atoms with Crippen molar-refractivity contribution in [3.8, 4) is 0 Å². The van der Waals surface area contributed by atoms with Crippen LogP contribution in [0.2, 0.25) is 0 Å². The third-order valence-corrected chi connectivity index (χ3v) is 3.89. The average molecular weight is 243 g/mol. The van der Waals surface area contributed by atoms with Gasteiger partial charge >= 0.3 is 0 Å². The normalized spacial score (nSPS) is 15.0. The zero-order valence-corrected chi connectivity index (χ0v) is 11.1. The quantitative estimate of drug-likeness (QED) is 0.719. The monoisotopic (exact) mass is 243 g/mol. The molecule has 0 radical (unpaired) electrons. The largest absolute Gasteiger partial charge is 0.385 e. The average Bonchev–Trinajstić information content (AvgIpc) is 2.65. The van der Waals surface area contributed by atoms with Gasteiger partial charge in [0.1, 0.15) is 0 Å². The lowest BCUT2D eigenvalue weighted by Crippen LogP contribution is -2.29. The molecule has 16 heavy (non-hydrogen) atoms. The van der Waals surface area contributed by atoms with E-state index in [1.54, 1.807) is 18.4 Å². The summed E-state index contributed by atoms with van der Waals surface area (Å²) in [6.45, 7) is 6.26. The zero-order valence-electron chi connectivity index (χ0n) is 10.2. The van der Waals surface area contributed by atoms with Crippen LogP contribution in [0.4, 0.5) is 0 Å². The summed E-state index contributed by atoms with van der Waals surface area (Å²) in [6, 6.07) is 2.05. The Balaban J connectivity index is 2.37. The van der Waals surface area contributed by atoms with Crippen LogP contribution in [0.5, 0.6) is 0 Å². The van der Waals surface area contributed by atoms with Crippen LogP contribution in [0, 0.1) is 6.92 Å². The van der Waals surface area contributed by atoms with Crippen molar-refractivity contribution in [2.24, 2.45) is 0 Å². The Morgan fingerprint density at radius 2 is 2.25 bits per heavy atom. The first-order valence-corrected chi connectivity index (χ1v) is 6.42. The lowest BCUT2D eigenvalue weighted by Gasteiger charge is -2.23. The maximum atomic E-state index is 10.4. The molecule has 0 aromatic carbocycles. The molecule has 4 heteroatoms. The van der Waals surface area contributed by atoms with Gasteiger partial charge in [0, 0.05) is 18.5 Å². The molecule has 0 fully saturated rings. The second kappa shape index (κ2) is 6.35. The Morgan fingerprint density at radius 3 is 2.81 bits per heavy atom. The standard InChI is InChI=1S/C12H21NO2S/c1-10-4-9-16-11(10)12(2,14)5-6-13-7-8-15-3/h4,9,13-14H,5-8H2,1-3H3. The maximum Gasteiger partial charge on any atom is 0.0974 e. The molecule has 0 saturated carbocycles. The number of aryl methyl sites for hydroxylation is 1. The lowest BCUT2D eigenvalue weighted by atomic mass is 9.98. The summed E-state index contributed by atoms with van der Waals surface area (Å²) in [7, 11) is 1.69. The summed E-state index contributed by atoms with van der Waals surface area (Å²) in [5.41, 5.74) is 0.449. The third-order valence-electron chi connectivity index (χ3n) is 2.62. The van der Waals surface area contributed by atoms with Crippen LogP contribution in [0.1, 0.15) is 23.8 Å². The highest BCUT2D eigenvalue weighted by atomic mass is 32.1. The highest BCUT2D eigenvalue weighted by molar-refractivity contribution is 7.10. The minimum absolute atomic E-state index is 0.709. The number of thiophene rings is 1. The Kier molecular flexibility index (Phi) is 5.41. The predicted octanol–water partition coefficient (Wildman–Crippen LogP) is 1.89. The highest BCUT2D eigenvalue weighted by Gasteiger charge is 2.25. The summed E-state index contributed by atoms with van der Waals surface area (Å²) in [5, 5.41) is 15.6. The van der Waals surface area contributed by atoms with Gasteiger partial charge in [0.25, 0.3) is 0 Å². The number of rotatable bonds is 7. The van der Waals surface area contributed by atoms with E-state index in [-0.39, 0.29) is 0 Å². The molecule has 0 aliphatic rings. The number of ether oxygens (including phenoxy) is 1. The van der Waals surface area contributed by atoms with Crippen molar-refractivity contribution in [1.82, 2.24) is 5.32 Å². The van der Waals surface area contributed by atoms with Gasteiger partial charge in [-0.1, -0.05) is 0 Å². The van der Waals surface area contributed by atoms with Crippen molar-refractivity contribution in [3.05, 3.63) is 21.9 Å². The van der Waals surface area contributed by atoms with Crippen molar-refractivity contribution >= 4 is 11.3 Å². The summed E-state index contributed by atoms with van der Waals surface area (Å²) in [4.78, 5) is 1.07. The van der Waals surface area contributed by atoms with Crippen LogP contribution in [0.15, 0.2) is 11.4 Å². The fourth-order valence-corrected chi connectivity index (χ4v) is 2.69. The lowest BCUT2D eigenvalue weighted by molar-refractivity contribution is 0.0507. The molecule has 1 heterocycles. The van der Waals surface area contributed by atoms with E-state index < -0.39 is 5.60 Å². The molecule has 1 aromatic heterocycles. The zero-order chi connectivity index (χ0) is 12.0. The first-order valence-electron chi connectivity index (χ1n) is 5.54. The topological polar surface area (TPSA) is 41.5 Å². The van der Waals surface area contributed by atoms with E-state index >= 15 is 0 Å². The van der Waals surface area contributed by atoms with Crippen LogP contribution >= 0.6 is 11.3 Å².